The van der Waals surface area contributed by atoms with Crippen molar-refractivity contribution in [3.63, 3.8) is 0 Å². The van der Waals surface area contributed by atoms with E-state index in [1.54, 1.807) is 30.3 Å². The van der Waals surface area contributed by atoms with E-state index in [9.17, 15) is 18.0 Å². The summed E-state index contributed by atoms with van der Waals surface area (Å²) < 4.78 is 27.1. The molecule has 0 bridgehead atoms. The van der Waals surface area contributed by atoms with Gasteiger partial charge >= 0.3 is 0 Å². The molecule has 10 heteroatoms. The highest BCUT2D eigenvalue weighted by molar-refractivity contribution is 7.92. The molecule has 0 heterocycles. The third kappa shape index (κ3) is 8.97. The summed E-state index contributed by atoms with van der Waals surface area (Å²) >= 11 is 13.1. The summed E-state index contributed by atoms with van der Waals surface area (Å²) in [5.41, 5.74) is 2.77. The minimum Gasteiger partial charge on any atom is -0.352 e. The Morgan fingerprint density at radius 1 is 0.884 bits per heavy atom. The standard InChI is InChI=1S/C33H39Cl2N3O4S/c1-3-24-17-19-27(20-18-24)38(43(2,41)42)23-32(39)37(22-28-29(34)15-10-16-30(28)35)31(21-25-11-6-4-7-12-25)33(40)36-26-13-8-5-9-14-26/h4,6-7,10-12,15-20,26,31H,3,5,8-9,13-14,21-23H2,1-2H3,(H,36,40)/t31-/m0/s1. The fraction of sp³-hybridized carbons (Fsp3) is 0.394. The normalized spacial score (nSPS) is 14.6. The van der Waals surface area contributed by atoms with Crippen molar-refractivity contribution in [1.82, 2.24) is 10.2 Å². The number of anilines is 1. The molecule has 1 aliphatic carbocycles. The summed E-state index contributed by atoms with van der Waals surface area (Å²) in [6.07, 6.45) is 7.06. The maximum atomic E-state index is 14.3. The second-order valence-corrected chi connectivity index (χ2v) is 13.8. The summed E-state index contributed by atoms with van der Waals surface area (Å²) in [4.78, 5) is 29.8. The van der Waals surface area contributed by atoms with Gasteiger partial charge in [0, 0.05) is 34.6 Å². The number of sulfonamides is 1. The van der Waals surface area contributed by atoms with Gasteiger partial charge < -0.3 is 10.2 Å². The lowest BCUT2D eigenvalue weighted by Crippen LogP contribution is -2.55. The minimum absolute atomic E-state index is 0.0185. The van der Waals surface area contributed by atoms with Crippen LogP contribution in [-0.2, 0) is 39.0 Å². The second kappa shape index (κ2) is 15.1. The third-order valence-corrected chi connectivity index (χ3v) is 9.77. The van der Waals surface area contributed by atoms with Crippen LogP contribution in [0.5, 0.6) is 0 Å². The number of benzene rings is 3. The third-order valence-electron chi connectivity index (χ3n) is 7.92. The van der Waals surface area contributed by atoms with Gasteiger partial charge in [0.2, 0.25) is 21.8 Å². The van der Waals surface area contributed by atoms with Gasteiger partial charge in [0.25, 0.3) is 0 Å². The van der Waals surface area contributed by atoms with Crippen molar-refractivity contribution in [1.29, 1.82) is 0 Å². The first-order valence-corrected chi connectivity index (χ1v) is 17.3. The summed E-state index contributed by atoms with van der Waals surface area (Å²) in [6.45, 7) is 1.45. The molecule has 1 fully saturated rings. The highest BCUT2D eigenvalue weighted by Crippen LogP contribution is 2.28. The fourth-order valence-electron chi connectivity index (χ4n) is 5.46. The molecule has 3 aromatic rings. The first-order chi connectivity index (χ1) is 20.6. The molecule has 0 unspecified atom stereocenters. The zero-order valence-electron chi connectivity index (χ0n) is 24.6. The molecule has 2 amide bonds. The Balaban J connectivity index is 1.75. The second-order valence-electron chi connectivity index (χ2n) is 11.1. The van der Waals surface area contributed by atoms with E-state index in [4.69, 9.17) is 23.2 Å². The lowest BCUT2D eigenvalue weighted by atomic mass is 9.94. The topological polar surface area (TPSA) is 86.8 Å². The van der Waals surface area contributed by atoms with Gasteiger partial charge in [-0.2, -0.15) is 0 Å². The monoisotopic (exact) mass is 643 g/mol. The van der Waals surface area contributed by atoms with Gasteiger partial charge in [0.05, 0.1) is 11.9 Å². The van der Waals surface area contributed by atoms with Crippen molar-refractivity contribution in [3.8, 4) is 0 Å². The predicted molar refractivity (Wildman–Crippen MR) is 174 cm³/mol. The number of nitrogens with zero attached hydrogens (tertiary/aromatic N) is 2. The molecule has 0 aromatic heterocycles. The first-order valence-electron chi connectivity index (χ1n) is 14.7. The average molecular weight is 645 g/mol. The van der Waals surface area contributed by atoms with Crippen LogP contribution in [0.1, 0.15) is 55.7 Å². The smallest absolute Gasteiger partial charge is 0.244 e. The van der Waals surface area contributed by atoms with Gasteiger partial charge in [-0.15, -0.1) is 0 Å². The van der Waals surface area contributed by atoms with Crippen LogP contribution in [0.15, 0.2) is 72.8 Å². The molecule has 1 atom stereocenters. The number of nitrogens with one attached hydrogen (secondary N) is 1. The number of rotatable bonds is 12. The molecule has 0 spiro atoms. The first kappa shape index (κ1) is 32.8. The van der Waals surface area contributed by atoms with Crippen LogP contribution < -0.4 is 9.62 Å². The Hall–Kier alpha value is -3.07. The van der Waals surface area contributed by atoms with Crippen molar-refractivity contribution in [2.75, 3.05) is 17.1 Å². The summed E-state index contributed by atoms with van der Waals surface area (Å²) in [5.74, 6) is -0.828. The summed E-state index contributed by atoms with van der Waals surface area (Å²) in [5, 5.41) is 3.89. The van der Waals surface area contributed by atoms with Crippen LogP contribution in [0.25, 0.3) is 0 Å². The van der Waals surface area contributed by atoms with E-state index in [1.807, 2.05) is 49.4 Å². The molecular formula is C33H39Cl2N3O4S. The Morgan fingerprint density at radius 2 is 1.51 bits per heavy atom. The van der Waals surface area contributed by atoms with E-state index in [2.05, 4.69) is 5.32 Å². The van der Waals surface area contributed by atoms with Crippen molar-refractivity contribution < 1.29 is 18.0 Å². The molecular weight excluding hydrogens is 605 g/mol. The SMILES string of the molecule is CCc1ccc(N(CC(=O)N(Cc2c(Cl)cccc2Cl)[C@@H](Cc2ccccc2)C(=O)NC2CCCCC2)S(C)(=O)=O)cc1. The average Bonchev–Trinajstić information content (AvgIpc) is 2.99. The molecule has 230 valence electrons. The number of aryl methyl sites for hydroxylation is 1. The zero-order chi connectivity index (χ0) is 31.0. The van der Waals surface area contributed by atoms with Crippen molar-refractivity contribution >= 4 is 50.7 Å². The van der Waals surface area contributed by atoms with E-state index in [-0.39, 0.29) is 24.9 Å². The lowest BCUT2D eigenvalue weighted by Gasteiger charge is -2.35. The summed E-state index contributed by atoms with van der Waals surface area (Å²) in [7, 11) is -3.85. The van der Waals surface area contributed by atoms with E-state index in [0.29, 0.717) is 21.3 Å². The van der Waals surface area contributed by atoms with Crippen molar-refractivity contribution in [3.05, 3.63) is 99.5 Å². The molecule has 1 saturated carbocycles. The molecule has 43 heavy (non-hydrogen) atoms. The van der Waals surface area contributed by atoms with Crippen LogP contribution in [0.4, 0.5) is 5.69 Å². The molecule has 0 radical (unpaired) electrons. The van der Waals surface area contributed by atoms with E-state index in [0.717, 1.165) is 60.2 Å². The van der Waals surface area contributed by atoms with Crippen molar-refractivity contribution in [2.45, 2.75) is 70.5 Å². The maximum absolute atomic E-state index is 14.3. The van der Waals surface area contributed by atoms with Crippen LogP contribution in [0, 0.1) is 0 Å². The lowest BCUT2D eigenvalue weighted by molar-refractivity contribution is -0.140. The predicted octanol–water partition coefficient (Wildman–Crippen LogP) is 6.41. The van der Waals surface area contributed by atoms with Crippen LogP contribution >= 0.6 is 23.2 Å². The van der Waals surface area contributed by atoms with E-state index in [1.165, 1.54) is 4.90 Å². The Bertz CT molecular complexity index is 1470. The largest absolute Gasteiger partial charge is 0.352 e. The molecule has 7 nitrogen and oxygen atoms in total. The van der Waals surface area contributed by atoms with Gasteiger partial charge in [0.15, 0.2) is 0 Å². The number of carbonyl (C=O) groups is 2. The zero-order valence-corrected chi connectivity index (χ0v) is 27.0. The Morgan fingerprint density at radius 3 is 2.09 bits per heavy atom. The van der Waals surface area contributed by atoms with Crippen LogP contribution in [0.3, 0.4) is 0 Å². The number of halogens is 2. The molecule has 1 aliphatic rings. The molecule has 1 N–H and O–H groups in total. The highest BCUT2D eigenvalue weighted by atomic mass is 35.5. The minimum atomic E-state index is -3.85. The van der Waals surface area contributed by atoms with Gasteiger partial charge in [0.1, 0.15) is 12.6 Å². The quantitative estimate of drug-likeness (QED) is 0.247. The fourth-order valence-corrected chi connectivity index (χ4v) is 6.83. The van der Waals surface area contributed by atoms with E-state index < -0.39 is 28.5 Å². The molecule has 3 aromatic carbocycles. The van der Waals surface area contributed by atoms with Gasteiger partial charge in [-0.1, -0.05) is 97.9 Å². The number of carbonyl (C=O) groups excluding carboxylic acids is 2. The maximum Gasteiger partial charge on any atom is 0.244 e. The van der Waals surface area contributed by atoms with Crippen LogP contribution in [-0.4, -0.2) is 50.0 Å². The Labute approximate surface area is 265 Å². The number of hydrogen-bond acceptors (Lipinski definition) is 4. The Kier molecular flexibility index (Phi) is 11.5. The highest BCUT2D eigenvalue weighted by Gasteiger charge is 2.34. The number of hydrogen-bond donors (Lipinski definition) is 1. The van der Waals surface area contributed by atoms with E-state index >= 15 is 0 Å². The van der Waals surface area contributed by atoms with Gasteiger partial charge in [-0.3, -0.25) is 13.9 Å². The molecule has 0 saturated heterocycles. The number of amides is 2. The van der Waals surface area contributed by atoms with Crippen LogP contribution in [0.2, 0.25) is 10.0 Å². The van der Waals surface area contributed by atoms with Gasteiger partial charge in [-0.25, -0.2) is 8.42 Å². The van der Waals surface area contributed by atoms with Gasteiger partial charge in [-0.05, 0) is 54.7 Å². The van der Waals surface area contributed by atoms with Crippen molar-refractivity contribution in [2.24, 2.45) is 0 Å². The molecule has 0 aliphatic heterocycles. The molecule has 4 rings (SSSR count). The summed E-state index contributed by atoms with van der Waals surface area (Å²) in [6, 6.07) is 20.7.